The van der Waals surface area contributed by atoms with Gasteiger partial charge < -0.3 is 10.1 Å². The second kappa shape index (κ2) is 6.49. The lowest BCUT2D eigenvalue weighted by Crippen LogP contribution is -2.23. The first kappa shape index (κ1) is 15.0. The van der Waals surface area contributed by atoms with Crippen LogP contribution in [-0.2, 0) is 14.3 Å². The van der Waals surface area contributed by atoms with Crippen molar-refractivity contribution in [3.63, 3.8) is 0 Å². The first-order valence-electron chi connectivity index (χ1n) is 7.58. The molecule has 5 nitrogen and oxygen atoms in total. The quantitative estimate of drug-likeness (QED) is 0.847. The number of nitrogens with zero attached hydrogens (tertiary/aromatic N) is 1. The zero-order valence-electron chi connectivity index (χ0n) is 12.2. The van der Waals surface area contributed by atoms with Gasteiger partial charge >= 0.3 is 5.97 Å². The molecule has 1 aromatic rings. The fourth-order valence-corrected chi connectivity index (χ4v) is 4.46. The maximum absolute atomic E-state index is 11.9. The molecule has 1 amide bonds. The molecule has 116 valence electrons. The molecule has 2 bridgehead atoms. The Morgan fingerprint density at radius 3 is 2.95 bits per heavy atom. The van der Waals surface area contributed by atoms with E-state index in [1.807, 2.05) is 6.07 Å². The number of nitriles is 1. The van der Waals surface area contributed by atoms with Crippen molar-refractivity contribution in [2.45, 2.75) is 32.1 Å². The van der Waals surface area contributed by atoms with E-state index in [0.717, 1.165) is 12.3 Å². The van der Waals surface area contributed by atoms with Crippen LogP contribution in [0.25, 0.3) is 0 Å². The van der Waals surface area contributed by atoms with Gasteiger partial charge in [0, 0.05) is 6.42 Å². The van der Waals surface area contributed by atoms with E-state index in [9.17, 15) is 9.59 Å². The Morgan fingerprint density at radius 1 is 1.41 bits per heavy atom. The molecule has 1 aromatic heterocycles. The van der Waals surface area contributed by atoms with E-state index in [-0.39, 0.29) is 12.6 Å². The third-order valence-electron chi connectivity index (χ3n) is 4.72. The molecule has 0 aliphatic heterocycles. The first-order valence-corrected chi connectivity index (χ1v) is 8.46. The number of esters is 1. The highest BCUT2D eigenvalue weighted by molar-refractivity contribution is 7.14. The second-order valence-electron chi connectivity index (χ2n) is 6.12. The zero-order valence-corrected chi connectivity index (χ0v) is 13.0. The summed E-state index contributed by atoms with van der Waals surface area (Å²) in [7, 11) is 0. The molecule has 3 rings (SSSR count). The van der Waals surface area contributed by atoms with Gasteiger partial charge in [-0.25, -0.2) is 0 Å². The number of ether oxygens (including phenoxy) is 1. The van der Waals surface area contributed by atoms with Crippen molar-refractivity contribution >= 4 is 28.2 Å². The summed E-state index contributed by atoms with van der Waals surface area (Å²) in [4.78, 5) is 23.6. The zero-order chi connectivity index (χ0) is 15.5. The lowest BCUT2D eigenvalue weighted by Gasteiger charge is -2.20. The first-order chi connectivity index (χ1) is 10.7. The standard InChI is InChI=1S/C16H18N2O3S/c17-8-12-3-4-22-16(12)18-14(19)9-21-15(20)7-13-6-10-1-2-11(13)5-10/h3-4,10-11,13H,1-2,5-7,9H2,(H,18,19). The van der Waals surface area contributed by atoms with Crippen molar-refractivity contribution in [2.75, 3.05) is 11.9 Å². The van der Waals surface area contributed by atoms with Gasteiger partial charge in [-0.15, -0.1) is 11.3 Å². The number of hydrogen-bond donors (Lipinski definition) is 1. The number of carbonyl (C=O) groups excluding carboxylic acids is 2. The van der Waals surface area contributed by atoms with Gasteiger partial charge in [0.1, 0.15) is 11.1 Å². The molecular weight excluding hydrogens is 300 g/mol. The Balaban J connectivity index is 1.41. The average molecular weight is 318 g/mol. The number of nitrogens with one attached hydrogen (secondary N) is 1. The van der Waals surface area contributed by atoms with Crippen LogP contribution in [0.1, 0.15) is 37.7 Å². The van der Waals surface area contributed by atoms with E-state index in [0.29, 0.717) is 28.8 Å². The number of carbonyl (C=O) groups is 2. The third-order valence-corrected chi connectivity index (χ3v) is 5.55. The lowest BCUT2D eigenvalue weighted by atomic mass is 9.86. The normalized spacial score (nSPS) is 25.7. The number of rotatable bonds is 5. The Bertz CT molecular complexity index is 619. The smallest absolute Gasteiger partial charge is 0.306 e. The monoisotopic (exact) mass is 318 g/mol. The molecule has 6 heteroatoms. The fraction of sp³-hybridized carbons (Fsp3) is 0.562. The predicted octanol–water partition coefficient (Wildman–Crippen LogP) is 2.93. The van der Waals surface area contributed by atoms with E-state index in [1.165, 1.54) is 30.6 Å². The summed E-state index contributed by atoms with van der Waals surface area (Å²) in [5.74, 6) is 1.22. The Hall–Kier alpha value is -1.87. The maximum Gasteiger partial charge on any atom is 0.306 e. The van der Waals surface area contributed by atoms with Gasteiger partial charge in [-0.3, -0.25) is 9.59 Å². The number of anilines is 1. The van der Waals surface area contributed by atoms with Crippen LogP contribution in [0, 0.1) is 29.1 Å². The summed E-state index contributed by atoms with van der Waals surface area (Å²) in [6.45, 7) is -0.289. The van der Waals surface area contributed by atoms with Crippen LogP contribution in [0.15, 0.2) is 11.4 Å². The van der Waals surface area contributed by atoms with Gasteiger partial charge in [-0.2, -0.15) is 5.26 Å². The van der Waals surface area contributed by atoms with Gasteiger partial charge in [-0.1, -0.05) is 6.42 Å². The van der Waals surface area contributed by atoms with Crippen LogP contribution in [-0.4, -0.2) is 18.5 Å². The molecule has 2 aliphatic rings. The molecule has 22 heavy (non-hydrogen) atoms. The number of fused-ring (bicyclic) bond motifs is 2. The molecule has 1 heterocycles. The van der Waals surface area contributed by atoms with Crippen LogP contribution in [0.5, 0.6) is 0 Å². The van der Waals surface area contributed by atoms with Gasteiger partial charge in [0.2, 0.25) is 0 Å². The SMILES string of the molecule is N#Cc1ccsc1NC(=O)COC(=O)CC1CC2CCC1C2. The van der Waals surface area contributed by atoms with Crippen LogP contribution in [0.2, 0.25) is 0 Å². The molecule has 3 unspecified atom stereocenters. The topological polar surface area (TPSA) is 79.2 Å². The number of hydrogen-bond acceptors (Lipinski definition) is 5. The largest absolute Gasteiger partial charge is 0.456 e. The van der Waals surface area contributed by atoms with Crippen molar-refractivity contribution in [1.29, 1.82) is 5.26 Å². The lowest BCUT2D eigenvalue weighted by molar-refractivity contribution is -0.148. The highest BCUT2D eigenvalue weighted by Gasteiger charge is 2.40. The minimum Gasteiger partial charge on any atom is -0.456 e. The number of amides is 1. The Kier molecular flexibility index (Phi) is 4.44. The second-order valence-corrected chi connectivity index (χ2v) is 7.04. The highest BCUT2D eigenvalue weighted by Crippen LogP contribution is 2.49. The Morgan fingerprint density at radius 2 is 2.27 bits per heavy atom. The summed E-state index contributed by atoms with van der Waals surface area (Å²) in [5.41, 5.74) is 0.423. The summed E-state index contributed by atoms with van der Waals surface area (Å²) in [6, 6.07) is 3.64. The van der Waals surface area contributed by atoms with Gasteiger partial charge in [0.25, 0.3) is 5.91 Å². The van der Waals surface area contributed by atoms with Gasteiger partial charge in [0.15, 0.2) is 6.61 Å². The Labute approximate surface area is 133 Å². The molecule has 0 radical (unpaired) electrons. The minimum absolute atomic E-state index is 0.289. The summed E-state index contributed by atoms with van der Waals surface area (Å²) >= 11 is 1.28. The van der Waals surface area contributed by atoms with Gasteiger partial charge in [-0.05, 0) is 48.5 Å². The third kappa shape index (κ3) is 3.30. The van der Waals surface area contributed by atoms with Crippen molar-refractivity contribution in [1.82, 2.24) is 0 Å². The van der Waals surface area contributed by atoms with Crippen molar-refractivity contribution in [3.8, 4) is 6.07 Å². The minimum atomic E-state index is -0.403. The molecule has 2 aliphatic carbocycles. The van der Waals surface area contributed by atoms with Crippen molar-refractivity contribution in [3.05, 3.63) is 17.0 Å². The molecule has 0 spiro atoms. The molecule has 1 N–H and O–H groups in total. The molecule has 2 saturated carbocycles. The van der Waals surface area contributed by atoms with Gasteiger partial charge in [0.05, 0.1) is 5.56 Å². The van der Waals surface area contributed by atoms with Crippen molar-refractivity contribution < 1.29 is 14.3 Å². The molecule has 2 fully saturated rings. The molecular formula is C16H18N2O3S. The van der Waals surface area contributed by atoms with Crippen molar-refractivity contribution in [2.24, 2.45) is 17.8 Å². The van der Waals surface area contributed by atoms with E-state index in [2.05, 4.69) is 5.32 Å². The summed E-state index contributed by atoms with van der Waals surface area (Å²) < 4.78 is 5.07. The molecule has 0 saturated heterocycles. The fourth-order valence-electron chi connectivity index (χ4n) is 3.70. The maximum atomic E-state index is 11.9. The van der Waals surface area contributed by atoms with E-state index < -0.39 is 5.91 Å². The van der Waals surface area contributed by atoms with E-state index in [4.69, 9.17) is 10.00 Å². The number of thiophene rings is 1. The molecule has 3 atom stereocenters. The summed E-state index contributed by atoms with van der Waals surface area (Å²) in [6.07, 6.45) is 5.36. The highest BCUT2D eigenvalue weighted by atomic mass is 32.1. The summed E-state index contributed by atoms with van der Waals surface area (Å²) in [5, 5.41) is 13.7. The van der Waals surface area contributed by atoms with Crippen LogP contribution < -0.4 is 5.32 Å². The van der Waals surface area contributed by atoms with E-state index in [1.54, 1.807) is 11.4 Å². The molecule has 0 aromatic carbocycles. The van der Waals surface area contributed by atoms with Crippen LogP contribution >= 0.6 is 11.3 Å². The predicted molar refractivity (Wildman–Crippen MR) is 82.2 cm³/mol. The van der Waals surface area contributed by atoms with E-state index >= 15 is 0 Å². The van der Waals surface area contributed by atoms with Crippen LogP contribution in [0.4, 0.5) is 5.00 Å². The average Bonchev–Trinajstić information content (AvgIpc) is 3.21. The van der Waals surface area contributed by atoms with Crippen LogP contribution in [0.3, 0.4) is 0 Å².